The van der Waals surface area contributed by atoms with Gasteiger partial charge in [-0.3, -0.25) is 4.79 Å². The zero-order valence-electron chi connectivity index (χ0n) is 11.0. The van der Waals surface area contributed by atoms with Gasteiger partial charge in [-0.2, -0.15) is 0 Å². The summed E-state index contributed by atoms with van der Waals surface area (Å²) in [5, 5.41) is 6.21. The van der Waals surface area contributed by atoms with Crippen LogP contribution in [0, 0.1) is 5.92 Å². The third-order valence-electron chi connectivity index (χ3n) is 3.29. The Morgan fingerprint density at radius 3 is 3.00 bits per heavy atom. The van der Waals surface area contributed by atoms with Gasteiger partial charge in [0, 0.05) is 29.9 Å². The first-order valence-corrected chi connectivity index (χ1v) is 7.35. The largest absolute Gasteiger partial charge is 0.383 e. The minimum Gasteiger partial charge on any atom is -0.383 e. The molecule has 1 heterocycles. The molecular formula is C14H19BrN2O2. The van der Waals surface area contributed by atoms with Gasteiger partial charge in [0.2, 0.25) is 5.91 Å². The highest BCUT2D eigenvalue weighted by atomic mass is 79.9. The number of hydrogen-bond donors (Lipinski definition) is 2. The average molecular weight is 327 g/mol. The summed E-state index contributed by atoms with van der Waals surface area (Å²) < 4.78 is 6.43. The summed E-state index contributed by atoms with van der Waals surface area (Å²) in [6, 6.07) is 7.96. The van der Waals surface area contributed by atoms with E-state index in [1.165, 1.54) is 0 Å². The molecule has 1 aromatic carbocycles. The van der Waals surface area contributed by atoms with Gasteiger partial charge in [0.15, 0.2) is 0 Å². The van der Waals surface area contributed by atoms with Crippen LogP contribution < -0.4 is 10.6 Å². The molecule has 0 unspecified atom stereocenters. The van der Waals surface area contributed by atoms with Crippen molar-refractivity contribution in [1.29, 1.82) is 0 Å². The minimum absolute atomic E-state index is 0.00543. The number of ether oxygens (including phenoxy) is 1. The lowest BCUT2D eigenvalue weighted by Gasteiger charge is -2.14. The van der Waals surface area contributed by atoms with E-state index in [0.717, 1.165) is 16.6 Å². The molecule has 104 valence electrons. The van der Waals surface area contributed by atoms with Crippen LogP contribution in [0.1, 0.15) is 13.3 Å². The fourth-order valence-electron chi connectivity index (χ4n) is 2.20. The van der Waals surface area contributed by atoms with Gasteiger partial charge in [0.25, 0.3) is 0 Å². The zero-order chi connectivity index (χ0) is 13.7. The molecule has 2 atom stereocenters. The minimum atomic E-state index is 0.00543. The number of amides is 1. The summed E-state index contributed by atoms with van der Waals surface area (Å²) in [6.07, 6.45) is 0.865. The monoisotopic (exact) mass is 326 g/mol. The van der Waals surface area contributed by atoms with Crippen molar-refractivity contribution in [1.82, 2.24) is 5.32 Å². The first-order valence-electron chi connectivity index (χ1n) is 6.55. The number of rotatable bonds is 5. The number of hydrogen-bond acceptors (Lipinski definition) is 3. The highest BCUT2D eigenvalue weighted by molar-refractivity contribution is 9.10. The van der Waals surface area contributed by atoms with Crippen molar-refractivity contribution in [3.63, 3.8) is 0 Å². The molecule has 19 heavy (non-hydrogen) atoms. The van der Waals surface area contributed by atoms with Crippen molar-refractivity contribution < 1.29 is 9.53 Å². The van der Waals surface area contributed by atoms with Crippen LogP contribution in [0.5, 0.6) is 0 Å². The van der Waals surface area contributed by atoms with Crippen molar-refractivity contribution in [2.24, 2.45) is 5.92 Å². The van der Waals surface area contributed by atoms with Crippen LogP contribution in [0.2, 0.25) is 0 Å². The maximum absolute atomic E-state index is 11.9. The van der Waals surface area contributed by atoms with Gasteiger partial charge in [-0.15, -0.1) is 0 Å². The smallest absolute Gasteiger partial charge is 0.225 e. The van der Waals surface area contributed by atoms with Crippen LogP contribution in [0.25, 0.3) is 0 Å². The summed E-state index contributed by atoms with van der Waals surface area (Å²) >= 11 is 3.42. The zero-order valence-corrected chi connectivity index (χ0v) is 12.6. The summed E-state index contributed by atoms with van der Waals surface area (Å²) in [5.74, 6) is 0.104. The molecule has 0 aliphatic carbocycles. The number of benzene rings is 1. The number of carbonyl (C=O) groups excluding carboxylic acids is 1. The predicted octanol–water partition coefficient (Wildman–Crippen LogP) is 2.40. The molecule has 1 aromatic rings. The fraction of sp³-hybridized carbons (Fsp3) is 0.500. The quantitative estimate of drug-likeness (QED) is 0.817. The fourth-order valence-corrected chi connectivity index (χ4v) is 2.60. The second-order valence-electron chi connectivity index (χ2n) is 4.70. The maximum atomic E-state index is 11.9. The molecule has 1 saturated heterocycles. The molecule has 5 heteroatoms. The average Bonchev–Trinajstić information content (AvgIpc) is 2.81. The second kappa shape index (κ2) is 6.91. The molecule has 1 fully saturated rings. The van der Waals surface area contributed by atoms with Crippen molar-refractivity contribution in [2.45, 2.75) is 19.4 Å². The van der Waals surface area contributed by atoms with Crippen molar-refractivity contribution in [3.8, 4) is 0 Å². The molecule has 1 amide bonds. The van der Waals surface area contributed by atoms with Crippen molar-refractivity contribution in [3.05, 3.63) is 28.7 Å². The summed E-state index contributed by atoms with van der Waals surface area (Å²) in [7, 11) is 0. The number of anilines is 1. The molecule has 0 bridgehead atoms. The van der Waals surface area contributed by atoms with Gasteiger partial charge in [0.05, 0.1) is 12.0 Å². The van der Waals surface area contributed by atoms with Gasteiger partial charge in [-0.05, 0) is 31.5 Å². The third kappa shape index (κ3) is 4.21. The first kappa shape index (κ1) is 14.3. The second-order valence-corrected chi connectivity index (χ2v) is 5.61. The number of nitrogens with one attached hydrogen (secondary N) is 2. The normalized spacial score (nSPS) is 22.2. The first-order chi connectivity index (χ1) is 9.16. The molecule has 0 spiro atoms. The molecule has 0 radical (unpaired) electrons. The lowest BCUT2D eigenvalue weighted by Crippen LogP contribution is -2.36. The topological polar surface area (TPSA) is 50.4 Å². The standard InChI is InChI=1S/C14H19BrN2O2/c1-10-13(5-8-19-10)14(18)17-7-6-16-12-4-2-3-11(15)9-12/h2-4,9-10,13,16H,5-8H2,1H3,(H,17,18)/t10-,13+/m1/s1. The van der Waals surface area contributed by atoms with E-state index >= 15 is 0 Å². The van der Waals surface area contributed by atoms with E-state index in [1.807, 2.05) is 31.2 Å². The Bertz CT molecular complexity index is 439. The van der Waals surface area contributed by atoms with Gasteiger partial charge < -0.3 is 15.4 Å². The van der Waals surface area contributed by atoms with Crippen molar-refractivity contribution >= 4 is 27.5 Å². The Morgan fingerprint density at radius 1 is 1.47 bits per heavy atom. The third-order valence-corrected chi connectivity index (χ3v) is 3.78. The Kier molecular flexibility index (Phi) is 5.22. The molecule has 1 aliphatic rings. The summed E-state index contributed by atoms with van der Waals surface area (Å²) in [6.45, 7) is 3.98. The number of carbonyl (C=O) groups is 1. The van der Waals surface area contributed by atoms with Crippen LogP contribution in [-0.4, -0.2) is 31.7 Å². The lowest BCUT2D eigenvalue weighted by atomic mass is 10.0. The molecule has 1 aliphatic heterocycles. The van der Waals surface area contributed by atoms with E-state index in [0.29, 0.717) is 19.7 Å². The van der Waals surface area contributed by atoms with E-state index in [2.05, 4.69) is 26.6 Å². The highest BCUT2D eigenvalue weighted by Crippen LogP contribution is 2.20. The van der Waals surface area contributed by atoms with Gasteiger partial charge in [-0.25, -0.2) is 0 Å². The number of halogens is 1. The Labute approximate surface area is 122 Å². The van der Waals surface area contributed by atoms with Crippen LogP contribution in [0.3, 0.4) is 0 Å². The van der Waals surface area contributed by atoms with Crippen molar-refractivity contribution in [2.75, 3.05) is 25.0 Å². The molecule has 2 N–H and O–H groups in total. The van der Waals surface area contributed by atoms with E-state index in [-0.39, 0.29) is 17.9 Å². The van der Waals surface area contributed by atoms with Gasteiger partial charge in [-0.1, -0.05) is 22.0 Å². The van der Waals surface area contributed by atoms with Crippen LogP contribution in [0.15, 0.2) is 28.7 Å². The molecule has 0 aromatic heterocycles. The van der Waals surface area contributed by atoms with Crippen LogP contribution >= 0.6 is 15.9 Å². The summed E-state index contributed by atoms with van der Waals surface area (Å²) in [5.41, 5.74) is 1.04. The highest BCUT2D eigenvalue weighted by Gasteiger charge is 2.30. The lowest BCUT2D eigenvalue weighted by molar-refractivity contribution is -0.126. The van der Waals surface area contributed by atoms with E-state index in [9.17, 15) is 4.79 Å². The predicted molar refractivity (Wildman–Crippen MR) is 79.2 cm³/mol. The van der Waals surface area contributed by atoms with E-state index in [1.54, 1.807) is 0 Å². The van der Waals surface area contributed by atoms with Crippen LogP contribution in [-0.2, 0) is 9.53 Å². The molecule has 2 rings (SSSR count). The van der Waals surface area contributed by atoms with E-state index < -0.39 is 0 Å². The molecule has 4 nitrogen and oxygen atoms in total. The SMILES string of the molecule is C[C@H]1OCC[C@@H]1C(=O)NCCNc1cccc(Br)c1. The Balaban J connectivity index is 1.68. The Hall–Kier alpha value is -1.07. The molecule has 0 saturated carbocycles. The summed E-state index contributed by atoms with van der Waals surface area (Å²) in [4.78, 5) is 11.9. The maximum Gasteiger partial charge on any atom is 0.225 e. The van der Waals surface area contributed by atoms with E-state index in [4.69, 9.17) is 4.74 Å². The molecular weight excluding hydrogens is 308 g/mol. The van der Waals surface area contributed by atoms with Gasteiger partial charge >= 0.3 is 0 Å². The van der Waals surface area contributed by atoms with Crippen LogP contribution in [0.4, 0.5) is 5.69 Å². The van der Waals surface area contributed by atoms with Gasteiger partial charge in [0.1, 0.15) is 0 Å². The Morgan fingerprint density at radius 2 is 2.32 bits per heavy atom.